The number of aldehydes is 1. The number of benzene rings is 1. The Labute approximate surface area is 283 Å². The molecule has 0 bridgehead atoms. The molecule has 264 valence electrons. The minimum absolute atomic E-state index is 0.0110. The van der Waals surface area contributed by atoms with Gasteiger partial charge in [0.25, 0.3) is 0 Å². The molecule has 1 saturated heterocycles. The molecule has 0 aliphatic carbocycles. The predicted molar refractivity (Wildman–Crippen MR) is 194 cm³/mol. The van der Waals surface area contributed by atoms with Crippen LogP contribution in [0.2, 0.25) is 0 Å². The van der Waals surface area contributed by atoms with E-state index in [1.165, 1.54) is 43.2 Å². The Morgan fingerprint density at radius 3 is 2.02 bits per heavy atom. The Kier molecular flexibility index (Phi) is 27.2. The van der Waals surface area contributed by atoms with E-state index in [0.29, 0.717) is 30.5 Å². The van der Waals surface area contributed by atoms with Gasteiger partial charge in [-0.15, -0.1) is 0 Å². The largest absolute Gasteiger partial charge is 0.454 e. The van der Waals surface area contributed by atoms with Crippen LogP contribution in [-0.2, 0) is 20.7 Å². The average Bonchev–Trinajstić information content (AvgIpc) is 3.79. The van der Waals surface area contributed by atoms with Crippen LogP contribution in [0.1, 0.15) is 144 Å². The van der Waals surface area contributed by atoms with Crippen LogP contribution in [0.5, 0.6) is 11.5 Å². The van der Waals surface area contributed by atoms with Crippen molar-refractivity contribution in [3.63, 3.8) is 0 Å². The number of unbranched alkanes of at least 4 members (excludes halogenated alkanes) is 2. The average molecular weight is 644 g/mol. The van der Waals surface area contributed by atoms with Crippen LogP contribution in [0, 0.1) is 17.8 Å². The highest BCUT2D eigenvalue weighted by Crippen LogP contribution is 2.38. The number of hydrogen-bond acceptors (Lipinski definition) is 6. The van der Waals surface area contributed by atoms with Crippen LogP contribution in [0.25, 0.3) is 0 Å². The topological polar surface area (TPSA) is 66.9 Å². The van der Waals surface area contributed by atoms with Gasteiger partial charge >= 0.3 is 0 Å². The molecule has 0 saturated carbocycles. The monoisotopic (exact) mass is 644 g/mol. The minimum Gasteiger partial charge on any atom is -0.454 e. The Morgan fingerprint density at radius 2 is 1.52 bits per heavy atom. The molecule has 6 heteroatoms. The van der Waals surface area contributed by atoms with Gasteiger partial charge in [0.2, 0.25) is 6.79 Å². The number of carbonyl (C=O) groups excluding carboxylic acids is 1. The van der Waals surface area contributed by atoms with E-state index < -0.39 is 0 Å². The molecular formula is C40H69NO5. The van der Waals surface area contributed by atoms with Gasteiger partial charge in [-0.05, 0) is 72.8 Å². The molecule has 2 aromatic rings. The lowest BCUT2D eigenvalue weighted by Gasteiger charge is -2.25. The zero-order valence-electron chi connectivity index (χ0n) is 31.2. The number of ether oxygens (including phenoxy) is 4. The van der Waals surface area contributed by atoms with Crippen molar-refractivity contribution in [3.8, 4) is 11.5 Å². The molecule has 0 N–H and O–H groups in total. The summed E-state index contributed by atoms with van der Waals surface area (Å²) in [5.41, 5.74) is 2.68. The molecule has 2 aliphatic rings. The van der Waals surface area contributed by atoms with E-state index in [4.69, 9.17) is 18.9 Å². The highest BCUT2D eigenvalue weighted by Gasteiger charge is 2.26. The number of nitrogens with zero attached hydrogens (tertiary/aromatic N) is 1. The molecular weight excluding hydrogens is 574 g/mol. The molecule has 1 fully saturated rings. The zero-order valence-corrected chi connectivity index (χ0v) is 31.2. The Morgan fingerprint density at radius 1 is 0.848 bits per heavy atom. The van der Waals surface area contributed by atoms with Crippen molar-refractivity contribution in [3.05, 3.63) is 53.9 Å². The number of aryl methyl sites for hydroxylation is 1. The highest BCUT2D eigenvalue weighted by molar-refractivity contribution is 5.49. The van der Waals surface area contributed by atoms with E-state index in [9.17, 15) is 4.79 Å². The van der Waals surface area contributed by atoms with Crippen molar-refractivity contribution >= 4 is 6.29 Å². The molecule has 2 aliphatic heterocycles. The van der Waals surface area contributed by atoms with Gasteiger partial charge in [-0.3, -0.25) is 4.98 Å². The molecule has 0 spiro atoms. The second kappa shape index (κ2) is 28.8. The first kappa shape index (κ1) is 43.6. The van der Waals surface area contributed by atoms with Crippen molar-refractivity contribution in [2.75, 3.05) is 20.0 Å². The molecule has 0 radical (unpaired) electrons. The second-order valence-corrected chi connectivity index (χ2v) is 12.3. The van der Waals surface area contributed by atoms with Crippen molar-refractivity contribution in [1.29, 1.82) is 0 Å². The van der Waals surface area contributed by atoms with E-state index in [1.54, 1.807) is 6.20 Å². The quantitative estimate of drug-likeness (QED) is 0.191. The van der Waals surface area contributed by atoms with Crippen molar-refractivity contribution < 1.29 is 23.7 Å². The maximum absolute atomic E-state index is 9.77. The molecule has 4 rings (SSSR count). The van der Waals surface area contributed by atoms with Gasteiger partial charge in [-0.1, -0.05) is 113 Å². The number of hydrogen-bond donors (Lipinski definition) is 0. The summed E-state index contributed by atoms with van der Waals surface area (Å²) >= 11 is 0. The van der Waals surface area contributed by atoms with Gasteiger partial charge in [0, 0.05) is 24.7 Å². The van der Waals surface area contributed by atoms with E-state index in [2.05, 4.69) is 78.6 Å². The number of rotatable bonds is 14. The van der Waals surface area contributed by atoms with Crippen molar-refractivity contribution in [1.82, 2.24) is 4.98 Å². The summed E-state index contributed by atoms with van der Waals surface area (Å²) in [7, 11) is 0. The minimum atomic E-state index is -0.0110. The van der Waals surface area contributed by atoms with Crippen LogP contribution in [0.3, 0.4) is 0 Å². The first-order valence-electron chi connectivity index (χ1n) is 18.3. The number of aromatic nitrogens is 1. The Bertz CT molecular complexity index is 961. The summed E-state index contributed by atoms with van der Waals surface area (Å²) in [6.45, 7) is 23.4. The van der Waals surface area contributed by atoms with E-state index in [0.717, 1.165) is 63.1 Å². The first-order valence-corrected chi connectivity index (χ1v) is 18.3. The standard InChI is InChI=1S/C19H28O4.C8H11N.C6H12O.C5H12.C2H6/c1-4-15(16-5-6-17-18(11-16)23-12-22-17)10-13(2)9-14(3)19-20-7-8-21-19;1-2-4-8-5-3-6-9-7-8;1-3-6(2)4-5-7;1-3-5-4-2;1-2/h5-6,11,13-15,19H,4,7-10,12H2,1-3H3;3,5-7H,2,4H2,1H3;5-6H,3-4H2,1-2H3;3-5H2,1-2H3;1-2H3. The Balaban J connectivity index is 0.000000722. The van der Waals surface area contributed by atoms with Gasteiger partial charge in [-0.25, -0.2) is 0 Å². The lowest BCUT2D eigenvalue weighted by Crippen LogP contribution is -2.21. The molecule has 4 unspecified atom stereocenters. The number of fused-ring (bicyclic) bond motifs is 1. The Hall–Kier alpha value is -2.44. The highest BCUT2D eigenvalue weighted by atomic mass is 16.7. The molecule has 0 amide bonds. The molecule has 46 heavy (non-hydrogen) atoms. The molecule has 1 aromatic carbocycles. The molecule has 1 aromatic heterocycles. The summed E-state index contributed by atoms with van der Waals surface area (Å²) in [5, 5.41) is 0. The van der Waals surface area contributed by atoms with Gasteiger partial charge in [0.15, 0.2) is 17.8 Å². The maximum atomic E-state index is 9.77. The summed E-state index contributed by atoms with van der Waals surface area (Å²) in [5.74, 6) is 3.96. The predicted octanol–water partition coefficient (Wildman–Crippen LogP) is 11.2. The third-order valence-corrected chi connectivity index (χ3v) is 8.10. The second-order valence-electron chi connectivity index (χ2n) is 12.3. The van der Waals surface area contributed by atoms with Crippen LogP contribution in [-0.4, -0.2) is 37.6 Å². The van der Waals surface area contributed by atoms with Gasteiger partial charge in [0.1, 0.15) is 6.29 Å². The summed E-state index contributed by atoms with van der Waals surface area (Å²) in [4.78, 5) is 13.8. The van der Waals surface area contributed by atoms with E-state index in [-0.39, 0.29) is 6.29 Å². The third kappa shape index (κ3) is 19.3. The third-order valence-electron chi connectivity index (χ3n) is 8.10. The smallest absolute Gasteiger partial charge is 0.231 e. The SMILES string of the molecule is CC.CCC(C)CC=O.CCC(CC(C)CC(C)C1OCCO1)c1ccc2c(c1)OCO2.CCCCC.CCCc1cccnc1. The van der Waals surface area contributed by atoms with Crippen molar-refractivity contribution in [2.45, 2.75) is 146 Å². The fraction of sp³-hybridized carbons (Fsp3) is 0.700. The first-order chi connectivity index (χ1) is 22.3. The summed E-state index contributed by atoms with van der Waals surface area (Å²) < 4.78 is 22.2. The number of pyridine rings is 1. The lowest BCUT2D eigenvalue weighted by atomic mass is 9.84. The fourth-order valence-corrected chi connectivity index (χ4v) is 5.26. The molecule has 6 nitrogen and oxygen atoms in total. The summed E-state index contributed by atoms with van der Waals surface area (Å²) in [6.07, 6.45) is 16.4. The van der Waals surface area contributed by atoms with Crippen LogP contribution >= 0.6 is 0 Å². The van der Waals surface area contributed by atoms with Crippen LogP contribution < -0.4 is 9.47 Å². The normalized spacial score (nSPS) is 15.6. The van der Waals surface area contributed by atoms with Gasteiger partial charge in [-0.2, -0.15) is 0 Å². The van der Waals surface area contributed by atoms with Crippen molar-refractivity contribution in [2.24, 2.45) is 17.8 Å². The van der Waals surface area contributed by atoms with E-state index in [1.807, 2.05) is 32.2 Å². The molecule has 3 heterocycles. The van der Waals surface area contributed by atoms with Gasteiger partial charge < -0.3 is 23.7 Å². The lowest BCUT2D eigenvalue weighted by molar-refractivity contribution is -0.108. The number of carbonyl (C=O) groups is 1. The molecule has 4 atom stereocenters. The fourth-order valence-electron chi connectivity index (χ4n) is 5.26. The van der Waals surface area contributed by atoms with Crippen LogP contribution in [0.4, 0.5) is 0 Å². The van der Waals surface area contributed by atoms with Crippen LogP contribution in [0.15, 0.2) is 42.7 Å². The summed E-state index contributed by atoms with van der Waals surface area (Å²) in [6, 6.07) is 10.5. The van der Waals surface area contributed by atoms with Gasteiger partial charge in [0.05, 0.1) is 13.2 Å². The zero-order chi connectivity index (χ0) is 34.6. The van der Waals surface area contributed by atoms with E-state index >= 15 is 0 Å². The maximum Gasteiger partial charge on any atom is 0.231 e.